The van der Waals surface area contributed by atoms with Gasteiger partial charge in [0.2, 0.25) is 15.9 Å². The zero-order valence-electron chi connectivity index (χ0n) is 18.6. The van der Waals surface area contributed by atoms with Gasteiger partial charge in [0.25, 0.3) is 0 Å². The summed E-state index contributed by atoms with van der Waals surface area (Å²) in [5.41, 5.74) is 0.681. The molecule has 1 aliphatic rings. The second kappa shape index (κ2) is 10.6. The Labute approximate surface area is 192 Å². The molecule has 178 valence electrons. The highest BCUT2D eigenvalue weighted by atomic mass is 32.2. The van der Waals surface area contributed by atoms with E-state index in [0.29, 0.717) is 19.4 Å². The van der Waals surface area contributed by atoms with Crippen LogP contribution in [0.25, 0.3) is 0 Å². The summed E-state index contributed by atoms with van der Waals surface area (Å²) in [5.74, 6) is 0.695. The van der Waals surface area contributed by atoms with E-state index in [2.05, 4.69) is 0 Å². The number of aryl methyl sites for hydroxylation is 1. The molecule has 0 aromatic heterocycles. The molecular formula is C22H27N3O7S. The van der Waals surface area contributed by atoms with Crippen LogP contribution in [0.15, 0.2) is 47.4 Å². The minimum atomic E-state index is -3.93. The summed E-state index contributed by atoms with van der Waals surface area (Å²) >= 11 is 0. The lowest BCUT2D eigenvalue weighted by molar-refractivity contribution is -0.386. The number of methoxy groups -OCH3 is 1. The quantitative estimate of drug-likeness (QED) is 0.309. The average molecular weight is 478 g/mol. The fourth-order valence-electron chi connectivity index (χ4n) is 3.58. The number of nitro benzene ring substituents is 1. The molecule has 10 nitrogen and oxygen atoms in total. The summed E-state index contributed by atoms with van der Waals surface area (Å²) in [4.78, 5) is 24.5. The first-order chi connectivity index (χ1) is 15.7. The lowest BCUT2D eigenvalue weighted by atomic mass is 10.2. The van der Waals surface area contributed by atoms with Crippen LogP contribution in [-0.2, 0) is 14.8 Å². The van der Waals surface area contributed by atoms with Crippen molar-refractivity contribution in [3.63, 3.8) is 0 Å². The molecule has 0 bridgehead atoms. The lowest BCUT2D eigenvalue weighted by Gasteiger charge is -2.34. The van der Waals surface area contributed by atoms with Gasteiger partial charge in [-0.25, -0.2) is 8.42 Å². The molecule has 1 saturated heterocycles. The topological polar surface area (TPSA) is 119 Å². The summed E-state index contributed by atoms with van der Waals surface area (Å²) < 4.78 is 37.7. The Hall–Kier alpha value is -3.18. The molecule has 2 aromatic rings. The van der Waals surface area contributed by atoms with Crippen molar-refractivity contribution in [1.82, 2.24) is 9.21 Å². The largest absolute Gasteiger partial charge is 0.494 e. The molecule has 0 spiro atoms. The molecule has 0 unspecified atom stereocenters. The van der Waals surface area contributed by atoms with Crippen LogP contribution >= 0.6 is 0 Å². The van der Waals surface area contributed by atoms with Crippen LogP contribution in [0.5, 0.6) is 11.5 Å². The van der Waals surface area contributed by atoms with E-state index in [9.17, 15) is 23.3 Å². The summed E-state index contributed by atoms with van der Waals surface area (Å²) in [5, 5.41) is 11.2. The number of sulfonamides is 1. The summed E-state index contributed by atoms with van der Waals surface area (Å²) in [6.07, 6.45) is 0.865. The van der Waals surface area contributed by atoms with Crippen molar-refractivity contribution in [3.8, 4) is 11.5 Å². The monoisotopic (exact) mass is 477 g/mol. The number of hydrogen-bond donors (Lipinski definition) is 0. The number of carbonyl (C=O) groups is 1. The third-order valence-corrected chi connectivity index (χ3v) is 7.26. The predicted octanol–water partition coefficient (Wildman–Crippen LogP) is 2.60. The maximum absolute atomic E-state index is 13.0. The second-order valence-electron chi connectivity index (χ2n) is 7.64. The Morgan fingerprint density at radius 3 is 2.48 bits per heavy atom. The number of ether oxygens (including phenoxy) is 2. The van der Waals surface area contributed by atoms with Gasteiger partial charge in [-0.2, -0.15) is 4.31 Å². The molecule has 1 aliphatic heterocycles. The van der Waals surface area contributed by atoms with Gasteiger partial charge >= 0.3 is 5.69 Å². The maximum atomic E-state index is 13.0. The number of rotatable bonds is 9. The van der Waals surface area contributed by atoms with E-state index in [0.717, 1.165) is 17.4 Å². The Morgan fingerprint density at radius 2 is 1.85 bits per heavy atom. The number of piperazine rings is 1. The zero-order chi connectivity index (χ0) is 24.0. The molecule has 1 amide bonds. The van der Waals surface area contributed by atoms with Crippen molar-refractivity contribution in [2.24, 2.45) is 0 Å². The van der Waals surface area contributed by atoms with Crippen molar-refractivity contribution in [2.45, 2.75) is 24.7 Å². The highest BCUT2D eigenvalue weighted by molar-refractivity contribution is 7.89. The highest BCUT2D eigenvalue weighted by Gasteiger charge is 2.31. The first-order valence-electron chi connectivity index (χ1n) is 10.5. The van der Waals surface area contributed by atoms with Crippen molar-refractivity contribution in [2.75, 3.05) is 39.9 Å². The van der Waals surface area contributed by atoms with Gasteiger partial charge in [-0.15, -0.1) is 0 Å². The van der Waals surface area contributed by atoms with Crippen LogP contribution < -0.4 is 9.47 Å². The molecule has 11 heteroatoms. The fraction of sp³-hybridized carbons (Fsp3) is 0.409. The third kappa shape index (κ3) is 5.99. The number of nitrogens with zero attached hydrogens (tertiary/aromatic N) is 3. The summed E-state index contributed by atoms with van der Waals surface area (Å²) in [7, 11) is -2.65. The van der Waals surface area contributed by atoms with Gasteiger partial charge < -0.3 is 14.4 Å². The smallest absolute Gasteiger partial charge is 0.312 e. The van der Waals surface area contributed by atoms with E-state index in [1.807, 2.05) is 31.2 Å². The molecule has 0 saturated carbocycles. The number of nitro groups is 1. The fourth-order valence-corrected chi connectivity index (χ4v) is 5.02. The average Bonchev–Trinajstić information content (AvgIpc) is 2.81. The van der Waals surface area contributed by atoms with Gasteiger partial charge in [0.05, 0.1) is 23.5 Å². The molecule has 0 N–H and O–H groups in total. The molecule has 3 rings (SSSR count). The zero-order valence-corrected chi connectivity index (χ0v) is 19.4. The third-order valence-electron chi connectivity index (χ3n) is 5.37. The predicted molar refractivity (Wildman–Crippen MR) is 121 cm³/mol. The Bertz CT molecular complexity index is 1110. The van der Waals surface area contributed by atoms with Crippen molar-refractivity contribution in [3.05, 3.63) is 58.1 Å². The Kier molecular flexibility index (Phi) is 7.88. The maximum Gasteiger partial charge on any atom is 0.312 e. The van der Waals surface area contributed by atoms with Gasteiger partial charge in [-0.05, 0) is 43.2 Å². The Balaban J connectivity index is 1.51. The molecule has 0 aliphatic carbocycles. The standard InChI is InChI=1S/C22H27N3O7S/c1-17-5-3-6-18(15-17)32-14-4-7-22(26)23-10-12-24(13-11-23)33(29,30)19-8-9-21(31-2)20(16-19)25(27)28/h3,5-6,8-9,15-16H,4,7,10-14H2,1-2H3. The van der Waals surface area contributed by atoms with E-state index in [4.69, 9.17) is 9.47 Å². The van der Waals surface area contributed by atoms with Gasteiger partial charge in [-0.1, -0.05) is 12.1 Å². The van der Waals surface area contributed by atoms with Gasteiger partial charge in [0.1, 0.15) is 5.75 Å². The van der Waals surface area contributed by atoms with Crippen molar-refractivity contribution in [1.29, 1.82) is 0 Å². The number of amides is 1. The van der Waals surface area contributed by atoms with E-state index in [1.54, 1.807) is 4.90 Å². The van der Waals surface area contributed by atoms with E-state index < -0.39 is 20.6 Å². The summed E-state index contributed by atoms with van der Waals surface area (Å²) in [6.45, 7) is 3.15. The van der Waals surface area contributed by atoms with Crippen LogP contribution in [0.2, 0.25) is 0 Å². The van der Waals surface area contributed by atoms with E-state index in [-0.39, 0.29) is 42.7 Å². The first-order valence-corrected chi connectivity index (χ1v) is 12.0. The van der Waals surface area contributed by atoms with Crippen LogP contribution in [0.3, 0.4) is 0 Å². The number of benzene rings is 2. The molecule has 0 atom stereocenters. The lowest BCUT2D eigenvalue weighted by Crippen LogP contribution is -2.50. The minimum absolute atomic E-state index is 0.0132. The molecule has 2 aromatic carbocycles. The number of hydrogen-bond acceptors (Lipinski definition) is 7. The van der Waals surface area contributed by atoms with Gasteiger partial charge in [-0.3, -0.25) is 14.9 Å². The SMILES string of the molecule is COc1ccc(S(=O)(=O)N2CCN(C(=O)CCCOc3cccc(C)c3)CC2)cc1[N+](=O)[O-]. The molecule has 1 heterocycles. The molecular weight excluding hydrogens is 450 g/mol. The first kappa shape index (κ1) is 24.5. The van der Waals surface area contributed by atoms with Crippen molar-refractivity contribution >= 4 is 21.6 Å². The summed E-state index contributed by atoms with van der Waals surface area (Å²) in [6, 6.07) is 11.2. The van der Waals surface area contributed by atoms with E-state index in [1.165, 1.54) is 23.5 Å². The highest BCUT2D eigenvalue weighted by Crippen LogP contribution is 2.30. The van der Waals surface area contributed by atoms with Crippen LogP contribution in [0, 0.1) is 17.0 Å². The van der Waals surface area contributed by atoms with Crippen LogP contribution in [-0.4, -0.2) is 68.3 Å². The van der Waals surface area contributed by atoms with Crippen molar-refractivity contribution < 1.29 is 27.6 Å². The van der Waals surface area contributed by atoms with Gasteiger partial charge in [0.15, 0.2) is 5.75 Å². The number of carbonyl (C=O) groups excluding carboxylic acids is 1. The normalized spacial score (nSPS) is 14.7. The van der Waals surface area contributed by atoms with E-state index >= 15 is 0 Å². The molecule has 1 fully saturated rings. The minimum Gasteiger partial charge on any atom is -0.494 e. The second-order valence-corrected chi connectivity index (χ2v) is 9.58. The molecule has 33 heavy (non-hydrogen) atoms. The van der Waals surface area contributed by atoms with Crippen LogP contribution in [0.4, 0.5) is 5.69 Å². The Morgan fingerprint density at radius 1 is 1.12 bits per heavy atom. The molecule has 0 radical (unpaired) electrons. The van der Waals surface area contributed by atoms with Gasteiger partial charge in [0, 0.05) is 38.7 Å². The van der Waals surface area contributed by atoms with Crippen LogP contribution in [0.1, 0.15) is 18.4 Å².